The van der Waals surface area contributed by atoms with Crippen LogP contribution in [0.4, 0.5) is 0 Å². The van der Waals surface area contributed by atoms with Gasteiger partial charge in [-0.25, -0.2) is 4.98 Å². The van der Waals surface area contributed by atoms with Crippen LogP contribution in [0.15, 0.2) is 24.5 Å². The zero-order chi connectivity index (χ0) is 14.2. The number of methoxy groups -OCH3 is 2. The molecule has 108 valence electrons. The second-order valence-corrected chi connectivity index (χ2v) is 4.39. The Bertz CT molecular complexity index is 514. The lowest BCUT2D eigenvalue weighted by Crippen LogP contribution is -2.16. The second-order valence-electron chi connectivity index (χ2n) is 4.39. The lowest BCUT2D eigenvalue weighted by atomic mass is 10.2. The molecular weight excluding hydrogens is 256 g/mol. The highest BCUT2D eigenvalue weighted by molar-refractivity contribution is 5.40. The Morgan fingerprint density at radius 2 is 2.15 bits per heavy atom. The van der Waals surface area contributed by atoms with E-state index in [1.54, 1.807) is 14.2 Å². The third-order valence-electron chi connectivity index (χ3n) is 3.04. The minimum atomic E-state index is 0.767. The van der Waals surface area contributed by atoms with E-state index in [1.807, 2.05) is 18.2 Å². The van der Waals surface area contributed by atoms with E-state index < -0.39 is 0 Å². The van der Waals surface area contributed by atoms with Gasteiger partial charge in [-0.05, 0) is 19.0 Å². The van der Waals surface area contributed by atoms with Crippen LogP contribution in [0.25, 0.3) is 0 Å². The summed E-state index contributed by atoms with van der Waals surface area (Å²) >= 11 is 0. The van der Waals surface area contributed by atoms with Crippen molar-refractivity contribution >= 4 is 0 Å². The van der Waals surface area contributed by atoms with Crippen LogP contribution in [0.1, 0.15) is 17.8 Å². The molecule has 1 aromatic heterocycles. The molecule has 0 bridgehead atoms. The quantitative estimate of drug-likeness (QED) is 0.716. The summed E-state index contributed by atoms with van der Waals surface area (Å²) in [6.07, 6.45) is 3.44. The van der Waals surface area contributed by atoms with Crippen molar-refractivity contribution in [3.05, 3.63) is 35.9 Å². The van der Waals surface area contributed by atoms with Crippen LogP contribution >= 0.6 is 0 Å². The smallest absolute Gasteiger partial charge is 0.137 e. The summed E-state index contributed by atoms with van der Waals surface area (Å²) in [6, 6.07) is 5.85. The fourth-order valence-corrected chi connectivity index (χ4v) is 1.95. The van der Waals surface area contributed by atoms with E-state index in [0.717, 1.165) is 48.8 Å². The van der Waals surface area contributed by atoms with Crippen molar-refractivity contribution < 1.29 is 9.47 Å². The van der Waals surface area contributed by atoms with Gasteiger partial charge in [0.25, 0.3) is 0 Å². The average Bonchev–Trinajstić information content (AvgIpc) is 3.00. The first-order valence-electron chi connectivity index (χ1n) is 6.59. The Morgan fingerprint density at radius 3 is 2.85 bits per heavy atom. The first kappa shape index (κ1) is 14.3. The Kier molecular flexibility index (Phi) is 5.37. The van der Waals surface area contributed by atoms with E-state index in [9.17, 15) is 0 Å². The molecule has 0 saturated carbocycles. The lowest BCUT2D eigenvalue weighted by molar-refractivity contribution is 0.390. The highest BCUT2D eigenvalue weighted by Crippen LogP contribution is 2.24. The predicted molar refractivity (Wildman–Crippen MR) is 76.0 cm³/mol. The number of benzene rings is 1. The molecule has 0 radical (unpaired) electrons. The molecule has 2 aromatic rings. The number of ether oxygens (including phenoxy) is 2. The molecule has 0 fully saturated rings. The summed E-state index contributed by atoms with van der Waals surface area (Å²) in [6.45, 7) is 1.68. The number of rotatable bonds is 8. The van der Waals surface area contributed by atoms with Crippen LogP contribution in [0.2, 0.25) is 0 Å². The third-order valence-corrected chi connectivity index (χ3v) is 3.04. The van der Waals surface area contributed by atoms with Gasteiger partial charge in [0.1, 0.15) is 23.7 Å². The topological polar surface area (TPSA) is 72.1 Å². The number of aryl methyl sites for hydroxylation is 1. The van der Waals surface area contributed by atoms with Crippen molar-refractivity contribution in [2.75, 3.05) is 20.8 Å². The standard InChI is InChI=1S/C14H20N4O2/c1-19-12-6-5-11(13(8-12)20-2)9-15-7-3-4-14-16-10-17-18-14/h5-6,8,10,15H,3-4,7,9H2,1-2H3,(H,16,17,18). The van der Waals surface area contributed by atoms with E-state index in [2.05, 4.69) is 20.5 Å². The molecule has 0 unspecified atom stereocenters. The fraction of sp³-hybridized carbons (Fsp3) is 0.429. The summed E-state index contributed by atoms with van der Waals surface area (Å²) in [4.78, 5) is 4.09. The molecule has 6 nitrogen and oxygen atoms in total. The Labute approximate surface area is 118 Å². The Hall–Kier alpha value is -2.08. The molecule has 0 aliphatic heterocycles. The summed E-state index contributed by atoms with van der Waals surface area (Å²) < 4.78 is 10.5. The first-order chi connectivity index (χ1) is 9.83. The number of nitrogens with one attached hydrogen (secondary N) is 2. The number of aromatic amines is 1. The zero-order valence-corrected chi connectivity index (χ0v) is 11.8. The normalized spacial score (nSPS) is 10.5. The van der Waals surface area contributed by atoms with Gasteiger partial charge in [0.2, 0.25) is 0 Å². The van der Waals surface area contributed by atoms with E-state index in [-0.39, 0.29) is 0 Å². The van der Waals surface area contributed by atoms with Crippen LogP contribution in [0, 0.1) is 0 Å². The molecular formula is C14H20N4O2. The molecule has 0 spiro atoms. The molecule has 1 aromatic carbocycles. The Balaban J connectivity index is 1.76. The zero-order valence-electron chi connectivity index (χ0n) is 11.8. The Morgan fingerprint density at radius 1 is 1.25 bits per heavy atom. The maximum atomic E-state index is 5.36. The van der Waals surface area contributed by atoms with Gasteiger partial charge in [-0.15, -0.1) is 0 Å². The molecule has 0 aliphatic rings. The molecule has 0 amide bonds. The van der Waals surface area contributed by atoms with Gasteiger partial charge in [-0.3, -0.25) is 5.10 Å². The van der Waals surface area contributed by atoms with Gasteiger partial charge in [-0.2, -0.15) is 5.10 Å². The average molecular weight is 276 g/mol. The number of nitrogens with zero attached hydrogens (tertiary/aromatic N) is 2. The first-order valence-corrected chi connectivity index (χ1v) is 6.59. The minimum absolute atomic E-state index is 0.767. The fourth-order valence-electron chi connectivity index (χ4n) is 1.95. The SMILES string of the molecule is COc1ccc(CNCCCc2ncn[nH]2)c(OC)c1. The van der Waals surface area contributed by atoms with Crippen molar-refractivity contribution in [3.63, 3.8) is 0 Å². The van der Waals surface area contributed by atoms with Crippen molar-refractivity contribution in [2.24, 2.45) is 0 Å². The molecule has 0 atom stereocenters. The highest BCUT2D eigenvalue weighted by atomic mass is 16.5. The number of hydrogen-bond acceptors (Lipinski definition) is 5. The van der Waals surface area contributed by atoms with Gasteiger partial charge in [0.15, 0.2) is 0 Å². The summed E-state index contributed by atoms with van der Waals surface area (Å²) in [7, 11) is 3.32. The molecule has 0 aliphatic carbocycles. The third kappa shape index (κ3) is 3.96. The largest absolute Gasteiger partial charge is 0.497 e. The monoisotopic (exact) mass is 276 g/mol. The summed E-state index contributed by atoms with van der Waals surface area (Å²) in [5.41, 5.74) is 1.12. The van der Waals surface area contributed by atoms with Gasteiger partial charge >= 0.3 is 0 Å². The second kappa shape index (κ2) is 7.49. The lowest BCUT2D eigenvalue weighted by Gasteiger charge is -2.11. The van der Waals surface area contributed by atoms with Crippen LogP contribution in [-0.2, 0) is 13.0 Å². The molecule has 6 heteroatoms. The van der Waals surface area contributed by atoms with Crippen LogP contribution < -0.4 is 14.8 Å². The number of hydrogen-bond donors (Lipinski definition) is 2. The summed E-state index contributed by atoms with van der Waals surface area (Å²) in [5, 5.41) is 10.1. The minimum Gasteiger partial charge on any atom is -0.497 e. The van der Waals surface area contributed by atoms with Gasteiger partial charge in [-0.1, -0.05) is 6.07 Å². The molecule has 2 N–H and O–H groups in total. The molecule has 0 saturated heterocycles. The van der Waals surface area contributed by atoms with E-state index >= 15 is 0 Å². The summed E-state index contributed by atoms with van der Waals surface area (Å²) in [5.74, 6) is 2.57. The van der Waals surface area contributed by atoms with Crippen LogP contribution in [0.5, 0.6) is 11.5 Å². The molecule has 2 rings (SSSR count). The van der Waals surface area contributed by atoms with Gasteiger partial charge in [0.05, 0.1) is 14.2 Å². The van der Waals surface area contributed by atoms with Gasteiger partial charge in [0, 0.05) is 24.6 Å². The van der Waals surface area contributed by atoms with E-state index in [4.69, 9.17) is 9.47 Å². The highest BCUT2D eigenvalue weighted by Gasteiger charge is 2.04. The molecule has 1 heterocycles. The molecule has 20 heavy (non-hydrogen) atoms. The van der Waals surface area contributed by atoms with Crippen molar-refractivity contribution in [3.8, 4) is 11.5 Å². The number of aromatic nitrogens is 3. The number of H-pyrrole nitrogens is 1. The maximum absolute atomic E-state index is 5.36. The van der Waals surface area contributed by atoms with E-state index in [0.29, 0.717) is 0 Å². The van der Waals surface area contributed by atoms with Crippen molar-refractivity contribution in [1.82, 2.24) is 20.5 Å². The van der Waals surface area contributed by atoms with Crippen molar-refractivity contribution in [1.29, 1.82) is 0 Å². The van der Waals surface area contributed by atoms with E-state index in [1.165, 1.54) is 6.33 Å². The van der Waals surface area contributed by atoms with Crippen LogP contribution in [0.3, 0.4) is 0 Å². The van der Waals surface area contributed by atoms with Crippen LogP contribution in [-0.4, -0.2) is 35.9 Å². The van der Waals surface area contributed by atoms with Gasteiger partial charge < -0.3 is 14.8 Å². The van der Waals surface area contributed by atoms with Crippen molar-refractivity contribution in [2.45, 2.75) is 19.4 Å². The maximum Gasteiger partial charge on any atom is 0.137 e. The predicted octanol–water partition coefficient (Wildman–Crippen LogP) is 1.54.